The van der Waals surface area contributed by atoms with Crippen molar-refractivity contribution < 1.29 is 14.3 Å². The summed E-state index contributed by atoms with van der Waals surface area (Å²) in [5, 5.41) is 1.02. The molecule has 0 unspecified atom stereocenters. The van der Waals surface area contributed by atoms with Crippen molar-refractivity contribution in [2.24, 2.45) is 0 Å². The number of anilines is 2. The highest BCUT2D eigenvalue weighted by atomic mass is 32.1. The van der Waals surface area contributed by atoms with Gasteiger partial charge in [-0.3, -0.25) is 14.5 Å². The van der Waals surface area contributed by atoms with Crippen molar-refractivity contribution in [2.45, 2.75) is 19.4 Å². The van der Waals surface area contributed by atoms with Gasteiger partial charge in [-0.2, -0.15) is 0 Å². The van der Waals surface area contributed by atoms with E-state index < -0.39 is 6.04 Å². The topological polar surface area (TPSA) is 66.0 Å². The SMILES string of the molecule is CCOc1cccc(N2C(=O)C[C@@H](N3CCN(c4nc5ccccc5s4)CC3)C2=O)c1. The Hall–Kier alpha value is -2.97. The highest BCUT2D eigenvalue weighted by Crippen LogP contribution is 2.31. The van der Waals surface area contributed by atoms with E-state index in [-0.39, 0.29) is 18.2 Å². The predicted molar refractivity (Wildman–Crippen MR) is 122 cm³/mol. The normalized spacial score (nSPS) is 20.1. The number of carbonyl (C=O) groups is 2. The van der Waals surface area contributed by atoms with Crippen LogP contribution in [0.1, 0.15) is 13.3 Å². The molecule has 5 rings (SSSR count). The Morgan fingerprint density at radius 1 is 1.06 bits per heavy atom. The predicted octanol–water partition coefficient (Wildman–Crippen LogP) is 3.15. The molecule has 1 aromatic heterocycles. The van der Waals surface area contributed by atoms with Gasteiger partial charge in [0.2, 0.25) is 5.91 Å². The molecule has 0 bridgehead atoms. The first-order valence-electron chi connectivity index (χ1n) is 10.6. The molecule has 2 aliphatic heterocycles. The standard InChI is InChI=1S/C23H24N4O3S/c1-2-30-17-7-5-6-16(14-17)27-21(28)15-19(22(27)29)25-10-12-26(13-11-25)23-24-18-8-3-4-9-20(18)31-23/h3-9,14,19H,2,10-13,15H2,1H3/t19-/m1/s1. The summed E-state index contributed by atoms with van der Waals surface area (Å²) < 4.78 is 6.71. The number of para-hydroxylation sites is 1. The average molecular weight is 437 g/mol. The molecule has 3 heterocycles. The summed E-state index contributed by atoms with van der Waals surface area (Å²) in [6.07, 6.45) is 0.221. The van der Waals surface area contributed by atoms with E-state index in [1.54, 1.807) is 23.5 Å². The van der Waals surface area contributed by atoms with Crippen LogP contribution in [-0.2, 0) is 9.59 Å². The van der Waals surface area contributed by atoms with E-state index in [2.05, 4.69) is 15.9 Å². The minimum atomic E-state index is -0.402. The maximum atomic E-state index is 13.2. The molecule has 8 heteroatoms. The van der Waals surface area contributed by atoms with Crippen LogP contribution in [0, 0.1) is 0 Å². The van der Waals surface area contributed by atoms with Crippen molar-refractivity contribution in [3.8, 4) is 5.75 Å². The molecule has 3 aromatic rings. The van der Waals surface area contributed by atoms with Gasteiger partial charge in [0.1, 0.15) is 5.75 Å². The summed E-state index contributed by atoms with van der Waals surface area (Å²) in [5.74, 6) is 0.359. The number of benzene rings is 2. The number of aromatic nitrogens is 1. The Labute approximate surface area is 184 Å². The first-order valence-corrected chi connectivity index (χ1v) is 11.4. The number of nitrogens with zero attached hydrogens (tertiary/aromatic N) is 4. The number of piperazine rings is 1. The van der Waals surface area contributed by atoms with E-state index in [4.69, 9.17) is 9.72 Å². The zero-order valence-corrected chi connectivity index (χ0v) is 18.2. The summed E-state index contributed by atoms with van der Waals surface area (Å²) in [5.41, 5.74) is 1.60. The van der Waals surface area contributed by atoms with Crippen molar-refractivity contribution in [1.82, 2.24) is 9.88 Å². The average Bonchev–Trinajstić information content (AvgIpc) is 3.35. The van der Waals surface area contributed by atoms with E-state index in [0.717, 1.165) is 36.8 Å². The Bertz CT molecular complexity index is 1090. The lowest BCUT2D eigenvalue weighted by molar-refractivity contribution is -0.123. The number of imide groups is 1. The number of fused-ring (bicyclic) bond motifs is 1. The Balaban J connectivity index is 1.27. The van der Waals surface area contributed by atoms with Gasteiger partial charge in [-0.05, 0) is 31.2 Å². The molecular weight excluding hydrogens is 412 g/mol. The molecule has 0 spiro atoms. The van der Waals surface area contributed by atoms with Gasteiger partial charge in [0.25, 0.3) is 5.91 Å². The molecule has 2 aliphatic rings. The maximum Gasteiger partial charge on any atom is 0.251 e. The van der Waals surface area contributed by atoms with E-state index in [1.165, 1.54) is 9.60 Å². The zero-order chi connectivity index (χ0) is 21.4. The van der Waals surface area contributed by atoms with Gasteiger partial charge in [-0.1, -0.05) is 29.5 Å². The van der Waals surface area contributed by atoms with Crippen LogP contribution in [0.25, 0.3) is 10.2 Å². The number of carbonyl (C=O) groups excluding carboxylic acids is 2. The van der Waals surface area contributed by atoms with Crippen molar-refractivity contribution in [3.63, 3.8) is 0 Å². The highest BCUT2D eigenvalue weighted by Gasteiger charge is 2.43. The molecule has 0 saturated carbocycles. The molecule has 0 aliphatic carbocycles. The molecule has 2 saturated heterocycles. The van der Waals surface area contributed by atoms with Crippen LogP contribution in [0.15, 0.2) is 48.5 Å². The number of hydrogen-bond acceptors (Lipinski definition) is 7. The molecule has 2 fully saturated rings. The van der Waals surface area contributed by atoms with Crippen molar-refractivity contribution in [1.29, 1.82) is 0 Å². The number of amides is 2. The van der Waals surface area contributed by atoms with Crippen LogP contribution in [-0.4, -0.2) is 60.5 Å². The fourth-order valence-corrected chi connectivity index (χ4v) is 5.29. The number of ether oxygens (including phenoxy) is 1. The van der Waals surface area contributed by atoms with Crippen LogP contribution in [0.3, 0.4) is 0 Å². The second-order valence-corrected chi connectivity index (χ2v) is 8.71. The smallest absolute Gasteiger partial charge is 0.251 e. The molecule has 0 radical (unpaired) electrons. The third-order valence-electron chi connectivity index (χ3n) is 5.82. The lowest BCUT2D eigenvalue weighted by Crippen LogP contribution is -2.52. The second kappa shape index (κ2) is 8.28. The Morgan fingerprint density at radius 2 is 1.87 bits per heavy atom. The minimum Gasteiger partial charge on any atom is -0.494 e. The fraction of sp³-hybridized carbons (Fsp3) is 0.348. The summed E-state index contributed by atoms with van der Waals surface area (Å²) in [6.45, 7) is 5.48. The van der Waals surface area contributed by atoms with E-state index >= 15 is 0 Å². The van der Waals surface area contributed by atoms with E-state index in [9.17, 15) is 9.59 Å². The third-order valence-corrected chi connectivity index (χ3v) is 6.91. The Kier molecular flexibility index (Phi) is 5.33. The second-order valence-electron chi connectivity index (χ2n) is 7.70. The van der Waals surface area contributed by atoms with E-state index in [1.807, 2.05) is 37.3 Å². The molecule has 1 atom stereocenters. The fourth-order valence-electron chi connectivity index (χ4n) is 4.27. The molecule has 2 amide bonds. The quantitative estimate of drug-likeness (QED) is 0.573. The molecule has 0 N–H and O–H groups in total. The van der Waals surface area contributed by atoms with Gasteiger partial charge in [0, 0.05) is 32.2 Å². The first kappa shape index (κ1) is 20.0. The number of rotatable bonds is 5. The summed E-state index contributed by atoms with van der Waals surface area (Å²) in [6, 6.07) is 14.9. The van der Waals surface area contributed by atoms with Crippen LogP contribution in [0.4, 0.5) is 10.8 Å². The van der Waals surface area contributed by atoms with Gasteiger partial charge in [-0.25, -0.2) is 9.88 Å². The number of hydrogen-bond donors (Lipinski definition) is 0. The molecule has 2 aromatic carbocycles. The highest BCUT2D eigenvalue weighted by molar-refractivity contribution is 7.22. The van der Waals surface area contributed by atoms with Crippen LogP contribution >= 0.6 is 11.3 Å². The van der Waals surface area contributed by atoms with Crippen LogP contribution in [0.2, 0.25) is 0 Å². The third kappa shape index (κ3) is 3.77. The lowest BCUT2D eigenvalue weighted by Gasteiger charge is -2.36. The van der Waals surface area contributed by atoms with Gasteiger partial charge in [-0.15, -0.1) is 0 Å². The largest absolute Gasteiger partial charge is 0.494 e. The Morgan fingerprint density at radius 3 is 2.65 bits per heavy atom. The van der Waals surface area contributed by atoms with Crippen molar-refractivity contribution >= 4 is 44.2 Å². The first-order chi connectivity index (χ1) is 15.1. The summed E-state index contributed by atoms with van der Waals surface area (Å²) in [4.78, 5) is 36.3. The maximum absolute atomic E-state index is 13.2. The molecular formula is C23H24N4O3S. The molecule has 31 heavy (non-hydrogen) atoms. The van der Waals surface area contributed by atoms with Crippen molar-refractivity contribution in [3.05, 3.63) is 48.5 Å². The molecule has 7 nitrogen and oxygen atoms in total. The summed E-state index contributed by atoms with van der Waals surface area (Å²) in [7, 11) is 0. The lowest BCUT2D eigenvalue weighted by atomic mass is 10.2. The van der Waals surface area contributed by atoms with Crippen molar-refractivity contribution in [2.75, 3.05) is 42.6 Å². The number of thiazole rings is 1. The zero-order valence-electron chi connectivity index (χ0n) is 17.4. The van der Waals surface area contributed by atoms with Crippen LogP contribution in [0.5, 0.6) is 5.75 Å². The van der Waals surface area contributed by atoms with Gasteiger partial charge in [0.15, 0.2) is 5.13 Å². The minimum absolute atomic E-state index is 0.146. The van der Waals surface area contributed by atoms with E-state index in [0.29, 0.717) is 18.0 Å². The van der Waals surface area contributed by atoms with Gasteiger partial charge >= 0.3 is 0 Å². The van der Waals surface area contributed by atoms with Gasteiger partial charge in [0.05, 0.1) is 35.0 Å². The monoisotopic (exact) mass is 436 g/mol. The molecule has 160 valence electrons. The summed E-state index contributed by atoms with van der Waals surface area (Å²) >= 11 is 1.70. The van der Waals surface area contributed by atoms with Gasteiger partial charge < -0.3 is 9.64 Å². The van der Waals surface area contributed by atoms with Crippen LogP contribution < -0.4 is 14.5 Å².